The van der Waals surface area contributed by atoms with Crippen LogP contribution in [0.25, 0.3) is 0 Å². The number of carbonyl (C=O) groups is 14. The number of carbonyl (C=O) groups excluding carboxylic acids is 13. The minimum Gasteiger partial charge on any atom is -0.481 e. The van der Waals surface area contributed by atoms with Gasteiger partial charge in [-0.15, -0.1) is 11.8 Å². The smallest absolute Gasteiger partial charge is 0.410 e. The molecule has 32 heteroatoms. The maximum atomic E-state index is 14.9. The van der Waals surface area contributed by atoms with Crippen LogP contribution in [-0.2, 0) is 83.1 Å². The van der Waals surface area contributed by atoms with Crippen LogP contribution in [0.4, 0.5) is 15.3 Å². The highest BCUT2D eigenvalue weighted by atomic mass is 32.2. The molecule has 2 aromatic carbocycles. The fourth-order valence-electron chi connectivity index (χ4n) is 14.2. The standard InChI is InChI=1S/C82H131N11O20S/c1-16-52(8)75(66(110-14)44-71(101)93-38-24-28-62(93)77(111-15)54(10)63(95)41-53(9)76(104)57-25-19-17-20-26-57)91(12)80(107)60(49(2)3)43-65(97)74(51(6)7)92(13)82(109)113-47-56-30-32-59(33-31-56)88-78(105)58(27-23-36-87-81(84)108)42-64(96)73(50(4)5)90-68(98)29-21-18-22-35-86-79(106)67(45-72(102)103)114-48-61(55(11)94)89-69(99)34-39-112-40-37-85-70(100)46-83/h17,19-20,25-26,30-33,49-54,58,60-62,66-67,73-77,104H,16,18,21-24,27-29,34-48,83H2,1-15H3,(H,85,100)(H,86,106)(H,88,105)(H,89,99)(H,90,98)(H,102,103)(H3,84,87,108)/t52?,53-,54?,58?,60?,61?,62-,66?,67?,73?,74+,75?,76+,77?/m0/s1. The van der Waals surface area contributed by atoms with E-state index in [1.165, 1.54) is 26.0 Å². The number of likely N-dealkylation sites (N-methyl/N-ethyl adjacent to an activating group) is 2. The van der Waals surface area contributed by atoms with E-state index in [0.717, 1.165) is 17.3 Å². The average Bonchev–Trinajstić information content (AvgIpc) is 1.52. The van der Waals surface area contributed by atoms with Crippen molar-refractivity contribution >= 4 is 100 Å². The molecule has 0 saturated carbocycles. The van der Waals surface area contributed by atoms with Crippen LogP contribution in [0.3, 0.4) is 0 Å². The van der Waals surface area contributed by atoms with Gasteiger partial charge in [-0.3, -0.25) is 57.5 Å². The van der Waals surface area contributed by atoms with Crippen molar-refractivity contribution < 1.29 is 96.3 Å². The summed E-state index contributed by atoms with van der Waals surface area (Å²) in [5.41, 5.74) is 12.1. The van der Waals surface area contributed by atoms with Gasteiger partial charge in [0.05, 0.1) is 86.4 Å². The number of likely N-dealkylation sites (tertiary alicyclic amines) is 1. The number of aliphatic carboxylic acids is 1. The molecular weight excluding hydrogens is 1490 g/mol. The van der Waals surface area contributed by atoms with Gasteiger partial charge in [0, 0.05) is 116 Å². The van der Waals surface area contributed by atoms with Crippen molar-refractivity contribution in [1.82, 2.24) is 41.3 Å². The van der Waals surface area contributed by atoms with Crippen molar-refractivity contribution in [3.63, 3.8) is 0 Å². The number of carboxylic acid groups (broad SMARTS) is 1. The molecule has 640 valence electrons. The van der Waals surface area contributed by atoms with Crippen LogP contribution in [-0.4, -0.2) is 235 Å². The number of amides is 10. The van der Waals surface area contributed by atoms with Gasteiger partial charge in [0.15, 0.2) is 17.3 Å². The molecule has 10 unspecified atom stereocenters. The van der Waals surface area contributed by atoms with Crippen molar-refractivity contribution in [2.45, 2.75) is 233 Å². The first-order valence-electron chi connectivity index (χ1n) is 39.9. The number of rotatable bonds is 56. The number of carboxylic acids is 1. The number of urea groups is 1. The first kappa shape index (κ1) is 99.8. The lowest BCUT2D eigenvalue weighted by Gasteiger charge is -2.41. The normalized spacial score (nSPS) is 16.2. The van der Waals surface area contributed by atoms with Crippen molar-refractivity contribution in [1.29, 1.82) is 0 Å². The van der Waals surface area contributed by atoms with E-state index in [4.69, 9.17) is 30.4 Å². The number of nitrogens with one attached hydrogen (secondary N) is 6. The van der Waals surface area contributed by atoms with Crippen LogP contribution >= 0.6 is 11.8 Å². The van der Waals surface area contributed by atoms with Gasteiger partial charge in [-0.2, -0.15) is 0 Å². The van der Waals surface area contributed by atoms with Crippen LogP contribution in [0.1, 0.15) is 190 Å². The lowest BCUT2D eigenvalue weighted by atomic mass is 9.83. The molecular formula is C82H131N11O20S. The number of nitrogens with zero attached hydrogens (tertiary/aromatic N) is 3. The molecule has 0 spiro atoms. The summed E-state index contributed by atoms with van der Waals surface area (Å²) in [4.78, 5) is 191. The van der Waals surface area contributed by atoms with E-state index in [1.807, 2.05) is 71.9 Å². The first-order valence-corrected chi connectivity index (χ1v) is 41.0. The highest BCUT2D eigenvalue weighted by Crippen LogP contribution is 2.34. The molecule has 1 saturated heterocycles. The maximum absolute atomic E-state index is 14.9. The number of hydrogen-bond donors (Lipinski definition) is 10. The number of ether oxygens (including phenoxy) is 4. The van der Waals surface area contributed by atoms with E-state index in [-0.39, 0.29) is 156 Å². The Morgan fingerprint density at radius 2 is 1.32 bits per heavy atom. The molecule has 31 nitrogen and oxygen atoms in total. The minimum atomic E-state index is -1.25. The van der Waals surface area contributed by atoms with Gasteiger partial charge in [-0.1, -0.05) is 125 Å². The monoisotopic (exact) mass is 1620 g/mol. The number of benzene rings is 2. The summed E-state index contributed by atoms with van der Waals surface area (Å²) in [6.07, 6.45) is -0.451. The Balaban J connectivity index is 1.61. The largest absolute Gasteiger partial charge is 0.481 e. The molecule has 114 heavy (non-hydrogen) atoms. The van der Waals surface area contributed by atoms with Gasteiger partial charge >= 0.3 is 18.1 Å². The SMILES string of the molecule is CCC(C)C(C(CC(=O)N1CCC[C@H]1C(OC)C(C)C(=O)C[C@H](C)[C@@H](O)c1ccccc1)OC)N(C)C(=O)C(CC(=O)[C@@H](C(C)C)N(C)C(=O)OCc1ccc(NC(=O)C(CCCNC(N)=O)CC(=O)C(NC(=O)CCCCCNC(=O)C(CC(=O)O)SCC(NC(=O)CCOCCNC(=O)CN)C(C)=O)C(C)C)cc1)C(C)C. The number of primary amides is 1. The summed E-state index contributed by atoms with van der Waals surface area (Å²) in [6, 6.07) is 10.9. The minimum absolute atomic E-state index is 0.00373. The number of Topliss-reactive ketones (excluding diaryl/α,β-unsaturated/α-hetero) is 4. The zero-order valence-corrected chi connectivity index (χ0v) is 70.4. The Hall–Kier alpha value is -8.43. The molecule has 2 aromatic rings. The van der Waals surface area contributed by atoms with E-state index in [2.05, 4.69) is 31.9 Å². The van der Waals surface area contributed by atoms with Crippen LogP contribution in [0.15, 0.2) is 54.6 Å². The molecule has 1 heterocycles. The van der Waals surface area contributed by atoms with Gasteiger partial charge in [0.2, 0.25) is 41.4 Å². The van der Waals surface area contributed by atoms with Crippen LogP contribution < -0.4 is 43.4 Å². The molecule has 0 bridgehead atoms. The molecule has 0 radical (unpaired) electrons. The second-order valence-corrected chi connectivity index (χ2v) is 32.1. The van der Waals surface area contributed by atoms with E-state index in [1.54, 1.807) is 75.9 Å². The first-order chi connectivity index (χ1) is 53.9. The Bertz CT molecular complexity index is 3420. The van der Waals surface area contributed by atoms with Crippen molar-refractivity contribution in [2.75, 3.05) is 85.3 Å². The highest BCUT2D eigenvalue weighted by molar-refractivity contribution is 8.00. The third-order valence-corrected chi connectivity index (χ3v) is 22.4. The Kier molecular flexibility index (Phi) is 45.7. The number of anilines is 1. The van der Waals surface area contributed by atoms with Gasteiger partial charge in [-0.05, 0) is 98.3 Å². The Morgan fingerprint density at radius 3 is 1.91 bits per heavy atom. The van der Waals surface area contributed by atoms with Gasteiger partial charge in [0.25, 0.3) is 0 Å². The van der Waals surface area contributed by atoms with Crippen molar-refractivity contribution in [3.8, 4) is 0 Å². The number of hydrogen-bond acceptors (Lipinski definition) is 21. The zero-order chi connectivity index (χ0) is 85.5. The molecule has 10 amide bonds. The predicted molar refractivity (Wildman–Crippen MR) is 433 cm³/mol. The lowest BCUT2D eigenvalue weighted by Crippen LogP contribution is -2.54. The van der Waals surface area contributed by atoms with Gasteiger partial charge in [-0.25, -0.2) is 9.59 Å². The molecule has 1 fully saturated rings. The lowest BCUT2D eigenvalue weighted by molar-refractivity contribution is -0.149. The molecule has 14 atom stereocenters. The van der Waals surface area contributed by atoms with E-state index in [9.17, 15) is 77.3 Å². The third-order valence-electron chi connectivity index (χ3n) is 21.1. The van der Waals surface area contributed by atoms with Crippen molar-refractivity contribution in [2.24, 2.45) is 58.8 Å². The number of methoxy groups -OCH3 is 2. The third kappa shape index (κ3) is 34.2. The summed E-state index contributed by atoms with van der Waals surface area (Å²) >= 11 is 0.909. The maximum Gasteiger partial charge on any atom is 0.410 e. The summed E-state index contributed by atoms with van der Waals surface area (Å²) < 4.78 is 23.2. The van der Waals surface area contributed by atoms with Crippen molar-refractivity contribution in [3.05, 3.63) is 65.7 Å². The topological polar surface area (TPSA) is 450 Å². The highest BCUT2D eigenvalue weighted by Gasteiger charge is 2.44. The fourth-order valence-corrected chi connectivity index (χ4v) is 15.5. The Labute approximate surface area is 677 Å². The molecule has 3 rings (SSSR count). The average molecular weight is 1620 g/mol. The molecule has 0 aromatic heterocycles. The molecule has 0 aliphatic carbocycles. The summed E-state index contributed by atoms with van der Waals surface area (Å²) in [5.74, 6) is -9.45. The summed E-state index contributed by atoms with van der Waals surface area (Å²) in [6.45, 7) is 20.3. The zero-order valence-electron chi connectivity index (χ0n) is 69.6. The van der Waals surface area contributed by atoms with Gasteiger partial charge < -0.3 is 87.2 Å². The molecule has 1 aliphatic rings. The number of ketones is 4. The summed E-state index contributed by atoms with van der Waals surface area (Å²) in [7, 11) is 6.19. The predicted octanol–water partition coefficient (Wildman–Crippen LogP) is 6.67. The fraction of sp³-hybridized carbons (Fsp3) is 0.683. The second kappa shape index (κ2) is 52.2. The van der Waals surface area contributed by atoms with Crippen LogP contribution in [0.5, 0.6) is 0 Å². The van der Waals surface area contributed by atoms with Gasteiger partial charge in [0.1, 0.15) is 12.4 Å². The number of unbranched alkanes of at least 4 members (excludes halogenated alkanes) is 2. The number of nitrogens with two attached hydrogens (primary N) is 2. The molecule has 1 aliphatic heterocycles. The quantitative estimate of drug-likeness (QED) is 0.0309. The number of aliphatic hydroxyl groups excluding tert-OH is 1. The second-order valence-electron chi connectivity index (χ2n) is 30.9. The number of thioether (sulfide) groups is 1. The Morgan fingerprint density at radius 1 is 0.667 bits per heavy atom. The summed E-state index contributed by atoms with van der Waals surface area (Å²) in [5, 5.41) is 35.5. The van der Waals surface area contributed by atoms with E-state index >= 15 is 0 Å². The van der Waals surface area contributed by atoms with Crippen LogP contribution in [0, 0.1) is 47.3 Å². The number of aliphatic hydroxyl groups is 1. The van der Waals surface area contributed by atoms with E-state index in [0.29, 0.717) is 56.3 Å². The van der Waals surface area contributed by atoms with Crippen LogP contribution in [0.2, 0.25) is 0 Å². The van der Waals surface area contributed by atoms with E-state index < -0.39 is 137 Å². The molecule has 12 N–H and O–H groups in total.